The lowest BCUT2D eigenvalue weighted by Gasteiger charge is -2.09. The van der Waals surface area contributed by atoms with Crippen molar-refractivity contribution in [1.82, 2.24) is 19.7 Å². The zero-order valence-electron chi connectivity index (χ0n) is 15.5. The van der Waals surface area contributed by atoms with Gasteiger partial charge in [0.1, 0.15) is 0 Å². The van der Waals surface area contributed by atoms with Gasteiger partial charge in [-0.05, 0) is 30.3 Å². The molecule has 8 nitrogen and oxygen atoms in total. The Kier molecular flexibility index (Phi) is 6.37. The topological polar surface area (TPSA) is 91.2 Å². The first-order valence-electron chi connectivity index (χ1n) is 8.18. The number of benzene rings is 1. The number of aromatic nitrogens is 4. The normalized spacial score (nSPS) is 10.6. The van der Waals surface area contributed by atoms with E-state index in [0.717, 1.165) is 5.56 Å². The highest BCUT2D eigenvalue weighted by atomic mass is 35.5. The van der Waals surface area contributed by atoms with Crippen LogP contribution in [0.5, 0.6) is 11.5 Å². The van der Waals surface area contributed by atoms with Gasteiger partial charge in [-0.1, -0.05) is 23.4 Å². The minimum atomic E-state index is -0.212. The minimum absolute atomic E-state index is 0.156. The maximum atomic E-state index is 12.2. The third-order valence-electron chi connectivity index (χ3n) is 3.84. The molecule has 2 heterocycles. The molecule has 28 heavy (non-hydrogen) atoms. The molecule has 0 fully saturated rings. The molecule has 2 aromatic heterocycles. The third-order valence-corrected chi connectivity index (χ3v) is 5.16. The first-order valence-corrected chi connectivity index (χ1v) is 9.54. The Balaban J connectivity index is 1.70. The molecule has 0 spiro atoms. The maximum Gasteiger partial charge on any atom is 0.234 e. The number of carbonyl (C=O) groups excluding carboxylic acids is 1. The fourth-order valence-corrected chi connectivity index (χ4v) is 3.34. The number of nitrogens with zero attached hydrogens (tertiary/aromatic N) is 4. The van der Waals surface area contributed by atoms with E-state index in [9.17, 15) is 4.79 Å². The molecule has 10 heteroatoms. The van der Waals surface area contributed by atoms with E-state index >= 15 is 0 Å². The average molecular weight is 420 g/mol. The molecule has 0 aliphatic heterocycles. The van der Waals surface area contributed by atoms with Crippen molar-refractivity contribution in [2.45, 2.75) is 5.16 Å². The summed E-state index contributed by atoms with van der Waals surface area (Å²) in [4.78, 5) is 16.1. The zero-order chi connectivity index (χ0) is 20.1. The summed E-state index contributed by atoms with van der Waals surface area (Å²) in [6.45, 7) is 0. The predicted molar refractivity (Wildman–Crippen MR) is 108 cm³/mol. The number of thioether (sulfide) groups is 1. The van der Waals surface area contributed by atoms with Crippen LogP contribution in [0.15, 0.2) is 41.7 Å². The number of methoxy groups -OCH3 is 2. The van der Waals surface area contributed by atoms with E-state index < -0.39 is 0 Å². The van der Waals surface area contributed by atoms with Crippen molar-refractivity contribution in [3.63, 3.8) is 0 Å². The van der Waals surface area contributed by atoms with E-state index in [1.165, 1.54) is 11.8 Å². The van der Waals surface area contributed by atoms with E-state index in [0.29, 0.717) is 28.2 Å². The van der Waals surface area contributed by atoms with Gasteiger partial charge in [0.2, 0.25) is 5.91 Å². The van der Waals surface area contributed by atoms with E-state index in [1.54, 1.807) is 38.6 Å². The van der Waals surface area contributed by atoms with Crippen LogP contribution in [0, 0.1) is 0 Å². The monoisotopic (exact) mass is 419 g/mol. The summed E-state index contributed by atoms with van der Waals surface area (Å²) in [6.07, 6.45) is 1.56. The van der Waals surface area contributed by atoms with Crippen molar-refractivity contribution in [2.75, 3.05) is 25.3 Å². The third kappa shape index (κ3) is 4.37. The molecule has 146 valence electrons. The van der Waals surface area contributed by atoms with Crippen molar-refractivity contribution in [3.05, 3.63) is 41.7 Å². The molecular weight excluding hydrogens is 402 g/mol. The zero-order valence-corrected chi connectivity index (χ0v) is 17.0. The summed E-state index contributed by atoms with van der Waals surface area (Å²) in [7, 11) is 5.00. The van der Waals surface area contributed by atoms with Gasteiger partial charge in [0.25, 0.3) is 0 Å². The highest BCUT2D eigenvalue weighted by Crippen LogP contribution is 2.32. The second kappa shape index (κ2) is 8.94. The fourth-order valence-electron chi connectivity index (χ4n) is 2.46. The largest absolute Gasteiger partial charge is 0.493 e. The summed E-state index contributed by atoms with van der Waals surface area (Å²) in [6, 6.07) is 8.90. The number of hydrogen-bond acceptors (Lipinski definition) is 7. The number of amides is 1. The molecular formula is C18H18ClN5O3S. The van der Waals surface area contributed by atoms with Gasteiger partial charge in [0.05, 0.1) is 25.7 Å². The van der Waals surface area contributed by atoms with Gasteiger partial charge in [-0.15, -0.1) is 10.2 Å². The highest BCUT2D eigenvalue weighted by Gasteiger charge is 2.15. The van der Waals surface area contributed by atoms with Crippen LogP contribution >= 0.6 is 23.4 Å². The Bertz CT molecular complexity index is 995. The SMILES string of the molecule is COc1ccc(-c2nnc(SCC(=O)Nc3cccnc3Cl)n2C)cc1OC. The Morgan fingerprint density at radius 1 is 1.21 bits per heavy atom. The Morgan fingerprint density at radius 3 is 2.71 bits per heavy atom. The maximum absolute atomic E-state index is 12.2. The molecule has 1 amide bonds. The van der Waals surface area contributed by atoms with Crippen molar-refractivity contribution in [2.24, 2.45) is 7.05 Å². The summed E-state index contributed by atoms with van der Waals surface area (Å²) in [5.41, 5.74) is 1.30. The lowest BCUT2D eigenvalue weighted by molar-refractivity contribution is -0.113. The van der Waals surface area contributed by atoms with Crippen LogP contribution in [0.25, 0.3) is 11.4 Å². The minimum Gasteiger partial charge on any atom is -0.493 e. The quantitative estimate of drug-likeness (QED) is 0.464. The number of nitrogens with one attached hydrogen (secondary N) is 1. The predicted octanol–water partition coefficient (Wildman–Crippen LogP) is 3.28. The Labute approximate surface area is 171 Å². The van der Waals surface area contributed by atoms with Gasteiger partial charge in [-0.2, -0.15) is 0 Å². The molecule has 1 aromatic carbocycles. The number of pyridine rings is 1. The smallest absolute Gasteiger partial charge is 0.234 e. The summed E-state index contributed by atoms with van der Waals surface area (Å²) >= 11 is 7.22. The molecule has 0 aliphatic carbocycles. The van der Waals surface area contributed by atoms with Gasteiger partial charge in [0.15, 0.2) is 27.6 Å². The van der Waals surface area contributed by atoms with Crippen molar-refractivity contribution in [3.8, 4) is 22.9 Å². The standard InChI is InChI=1S/C18H18ClN5O3S/c1-24-17(11-6-7-13(26-2)14(9-11)27-3)22-23-18(24)28-10-15(25)21-12-5-4-8-20-16(12)19/h4-9H,10H2,1-3H3,(H,21,25). The molecule has 0 atom stereocenters. The van der Waals surface area contributed by atoms with Crippen LogP contribution in [0.4, 0.5) is 5.69 Å². The molecule has 0 bridgehead atoms. The van der Waals surface area contributed by atoms with Gasteiger partial charge in [-0.25, -0.2) is 4.98 Å². The molecule has 3 aromatic rings. The number of ether oxygens (including phenoxy) is 2. The average Bonchev–Trinajstić information content (AvgIpc) is 3.08. The number of halogens is 1. The van der Waals surface area contributed by atoms with Crippen molar-refractivity contribution >= 4 is 35.0 Å². The molecule has 0 aliphatic rings. The van der Waals surface area contributed by atoms with Crippen LogP contribution in [-0.4, -0.2) is 45.6 Å². The first kappa shape index (κ1) is 20.0. The fraction of sp³-hybridized carbons (Fsp3) is 0.222. The number of rotatable bonds is 7. The first-order chi connectivity index (χ1) is 13.5. The van der Waals surface area contributed by atoms with Gasteiger partial charge in [-0.3, -0.25) is 4.79 Å². The van der Waals surface area contributed by atoms with E-state index in [2.05, 4.69) is 20.5 Å². The van der Waals surface area contributed by atoms with Gasteiger partial charge in [0, 0.05) is 18.8 Å². The van der Waals surface area contributed by atoms with Crippen molar-refractivity contribution in [1.29, 1.82) is 0 Å². The molecule has 0 saturated heterocycles. The van der Waals surface area contributed by atoms with E-state index in [4.69, 9.17) is 21.1 Å². The molecule has 1 N–H and O–H groups in total. The lowest BCUT2D eigenvalue weighted by Crippen LogP contribution is -2.15. The summed E-state index contributed by atoms with van der Waals surface area (Å²) in [5.74, 6) is 1.83. The van der Waals surface area contributed by atoms with E-state index in [1.807, 2.05) is 23.7 Å². The highest BCUT2D eigenvalue weighted by molar-refractivity contribution is 7.99. The van der Waals surface area contributed by atoms with Gasteiger partial charge < -0.3 is 19.4 Å². The molecule has 0 saturated carbocycles. The van der Waals surface area contributed by atoms with Crippen LogP contribution in [0.1, 0.15) is 0 Å². The van der Waals surface area contributed by atoms with E-state index in [-0.39, 0.29) is 16.8 Å². The number of anilines is 1. The van der Waals surface area contributed by atoms with Crippen molar-refractivity contribution < 1.29 is 14.3 Å². The second-order valence-corrected chi connectivity index (χ2v) is 6.91. The van der Waals surface area contributed by atoms with Crippen LogP contribution in [-0.2, 0) is 11.8 Å². The van der Waals surface area contributed by atoms with Gasteiger partial charge >= 0.3 is 0 Å². The van der Waals surface area contributed by atoms with Crippen LogP contribution < -0.4 is 14.8 Å². The van der Waals surface area contributed by atoms with Crippen LogP contribution in [0.3, 0.4) is 0 Å². The number of carbonyl (C=O) groups is 1. The molecule has 0 radical (unpaired) electrons. The Morgan fingerprint density at radius 2 is 2.00 bits per heavy atom. The Hall–Kier alpha value is -2.78. The summed E-state index contributed by atoms with van der Waals surface area (Å²) < 4.78 is 12.4. The second-order valence-electron chi connectivity index (χ2n) is 5.61. The number of hydrogen-bond donors (Lipinski definition) is 1. The molecule has 0 unspecified atom stereocenters. The molecule has 3 rings (SSSR count). The summed E-state index contributed by atoms with van der Waals surface area (Å²) in [5, 5.41) is 12.0. The lowest BCUT2D eigenvalue weighted by atomic mass is 10.2. The van der Waals surface area contributed by atoms with Crippen LogP contribution in [0.2, 0.25) is 5.15 Å².